The third-order valence-corrected chi connectivity index (χ3v) is 7.00. The summed E-state index contributed by atoms with van der Waals surface area (Å²) in [4.78, 5) is 11.0. The number of hydrogen-bond donors (Lipinski definition) is 2. The van der Waals surface area contributed by atoms with Crippen LogP contribution in [0, 0.1) is 7.14 Å². The molecule has 2 aromatic carbocycles. The molecule has 0 unspecified atom stereocenters. The van der Waals surface area contributed by atoms with Crippen LogP contribution in [0.1, 0.15) is 5.56 Å². The van der Waals surface area contributed by atoms with Gasteiger partial charge >= 0.3 is 35.5 Å². The molecule has 0 aromatic heterocycles. The Labute approximate surface area is 202 Å². The molecule has 0 aliphatic rings. The molecule has 0 saturated heterocycles. The average molecular weight is 673 g/mol. The van der Waals surface area contributed by atoms with E-state index in [0.29, 0.717) is 15.1 Å². The molecule has 0 spiro atoms. The summed E-state index contributed by atoms with van der Waals surface area (Å²) in [6, 6.07) is 10.2. The van der Waals surface area contributed by atoms with Crippen molar-refractivity contribution >= 4 is 73.7 Å². The van der Waals surface area contributed by atoms with Gasteiger partial charge in [0.25, 0.3) is 0 Å². The molecule has 0 aliphatic heterocycles. The van der Waals surface area contributed by atoms with Crippen molar-refractivity contribution in [2.45, 2.75) is 9.97 Å². The Hall–Kier alpha value is 0.660. The maximum Gasteiger partial charge on any atom is 1.00 e. The first-order valence-corrected chi connectivity index (χ1v) is 9.57. The van der Waals surface area contributed by atoms with Crippen LogP contribution in [0.5, 0.6) is 17.2 Å². The van der Waals surface area contributed by atoms with E-state index in [0.717, 1.165) is 9.13 Å². The Balaban J connectivity index is 0.00000288. The van der Waals surface area contributed by atoms with E-state index in [9.17, 15) is 9.90 Å². The zero-order chi connectivity index (χ0) is 17.2. The van der Waals surface area contributed by atoms with Gasteiger partial charge in [-0.15, -0.1) is 0 Å². The van der Waals surface area contributed by atoms with E-state index < -0.39 is 9.51 Å². The van der Waals surface area contributed by atoms with Gasteiger partial charge in [0.15, 0.2) is 3.55 Å². The summed E-state index contributed by atoms with van der Waals surface area (Å²) in [5.74, 6) is 0.121. The second-order valence-corrected chi connectivity index (χ2v) is 8.86. The SMILES string of the molecule is N[C@@](I)(Cc1ccc(Oc2ccc([O-])c(I)c2I)cc1)C(=O)O.[Na+]. The molecule has 1 atom stereocenters. The van der Waals surface area contributed by atoms with Gasteiger partial charge in [0, 0.05) is 9.99 Å². The summed E-state index contributed by atoms with van der Waals surface area (Å²) in [7, 11) is 0. The molecule has 122 valence electrons. The van der Waals surface area contributed by atoms with E-state index in [1.54, 1.807) is 52.9 Å². The summed E-state index contributed by atoms with van der Waals surface area (Å²) >= 11 is 5.79. The minimum atomic E-state index is -1.34. The molecule has 9 heteroatoms. The van der Waals surface area contributed by atoms with Crippen LogP contribution >= 0.6 is 67.8 Å². The summed E-state index contributed by atoms with van der Waals surface area (Å²) < 4.78 is 5.82. The smallest absolute Gasteiger partial charge is 0.872 e. The van der Waals surface area contributed by atoms with Crippen molar-refractivity contribution in [3.63, 3.8) is 0 Å². The third-order valence-electron chi connectivity index (χ3n) is 2.98. The first-order valence-electron chi connectivity index (χ1n) is 6.33. The molecule has 0 bridgehead atoms. The molecule has 2 aromatic rings. The van der Waals surface area contributed by atoms with E-state index in [2.05, 4.69) is 22.6 Å². The van der Waals surface area contributed by atoms with Crippen LogP contribution in [0.3, 0.4) is 0 Å². The number of halogens is 3. The van der Waals surface area contributed by atoms with Crippen molar-refractivity contribution in [2.75, 3.05) is 0 Å². The van der Waals surface area contributed by atoms with Gasteiger partial charge < -0.3 is 20.7 Å². The van der Waals surface area contributed by atoms with Gasteiger partial charge in [-0.25, -0.2) is 4.79 Å². The molecule has 0 amide bonds. The van der Waals surface area contributed by atoms with Crippen LogP contribution in [0.4, 0.5) is 0 Å². The van der Waals surface area contributed by atoms with Gasteiger partial charge in [0.1, 0.15) is 11.5 Å². The van der Waals surface area contributed by atoms with Crippen LogP contribution in [0.2, 0.25) is 0 Å². The molecule has 2 rings (SSSR count). The largest absolute Gasteiger partial charge is 1.00 e. The van der Waals surface area contributed by atoms with Gasteiger partial charge in [-0.05, 0) is 91.5 Å². The number of ether oxygens (including phenoxy) is 1. The minimum Gasteiger partial charge on any atom is -0.872 e. The molecule has 0 heterocycles. The quantitative estimate of drug-likeness (QED) is 0.209. The topological polar surface area (TPSA) is 95.6 Å². The number of nitrogens with two attached hydrogens (primary N) is 1. The van der Waals surface area contributed by atoms with Gasteiger partial charge in [-0.1, -0.05) is 23.9 Å². The molecule has 5 nitrogen and oxygen atoms in total. The molecule has 0 aliphatic carbocycles. The van der Waals surface area contributed by atoms with E-state index in [1.165, 1.54) is 6.07 Å². The molecular weight excluding hydrogens is 662 g/mol. The zero-order valence-corrected chi connectivity index (χ0v) is 21.0. The van der Waals surface area contributed by atoms with Crippen LogP contribution < -0.4 is 45.1 Å². The normalized spacial score (nSPS) is 12.8. The zero-order valence-electron chi connectivity index (χ0n) is 12.6. The second-order valence-electron chi connectivity index (χ2n) is 4.78. The Bertz CT molecular complexity index is 738. The van der Waals surface area contributed by atoms with Gasteiger partial charge in [0.2, 0.25) is 0 Å². The molecule has 24 heavy (non-hydrogen) atoms. The molecule has 0 saturated carbocycles. The molecular formula is C15H11I3NNaO4. The number of rotatable bonds is 5. The summed E-state index contributed by atoms with van der Waals surface area (Å²) in [6.07, 6.45) is 0.212. The minimum absolute atomic E-state index is 0. The van der Waals surface area contributed by atoms with Crippen molar-refractivity contribution < 1.29 is 49.3 Å². The third kappa shape index (κ3) is 5.84. The first-order chi connectivity index (χ1) is 10.7. The Kier molecular flexibility index (Phi) is 9.04. The number of alkyl halides is 1. The van der Waals surface area contributed by atoms with Crippen molar-refractivity contribution in [2.24, 2.45) is 5.73 Å². The number of carboxylic acid groups (broad SMARTS) is 1. The maximum atomic E-state index is 11.5. The van der Waals surface area contributed by atoms with Crippen molar-refractivity contribution in [1.82, 2.24) is 0 Å². The average Bonchev–Trinajstić information content (AvgIpc) is 2.49. The predicted molar refractivity (Wildman–Crippen MR) is 110 cm³/mol. The number of benzene rings is 2. The fourth-order valence-electron chi connectivity index (χ4n) is 1.77. The van der Waals surface area contributed by atoms with Crippen molar-refractivity contribution in [3.8, 4) is 17.2 Å². The Morgan fingerprint density at radius 1 is 1.17 bits per heavy atom. The fourth-order valence-corrected chi connectivity index (χ4v) is 3.21. The molecule has 0 fully saturated rings. The van der Waals surface area contributed by atoms with Crippen LogP contribution in [0.15, 0.2) is 36.4 Å². The van der Waals surface area contributed by atoms with Gasteiger partial charge in [-0.3, -0.25) is 0 Å². The van der Waals surface area contributed by atoms with Crippen LogP contribution in [0.25, 0.3) is 0 Å². The van der Waals surface area contributed by atoms with E-state index in [4.69, 9.17) is 15.6 Å². The van der Waals surface area contributed by atoms with Gasteiger partial charge in [0.05, 0.1) is 3.57 Å². The standard InChI is InChI=1S/C15H12I3NO4.Na/c16-12-10(20)5-6-11(13(12)17)23-9-3-1-8(2-4-9)7-15(18,19)14(21)22;/h1-6,20H,7,19H2,(H,21,22);/q;+1/p-1/t15-;/m0./s1. The van der Waals surface area contributed by atoms with Crippen LogP contribution in [-0.2, 0) is 11.2 Å². The molecule has 0 radical (unpaired) electrons. The van der Waals surface area contributed by atoms with Crippen molar-refractivity contribution in [1.29, 1.82) is 0 Å². The predicted octanol–water partition coefficient (Wildman–Crippen LogP) is 0.483. The number of carbonyl (C=O) groups is 1. The maximum absolute atomic E-state index is 11.5. The summed E-state index contributed by atoms with van der Waals surface area (Å²) in [6.45, 7) is 0. The number of carboxylic acids is 1. The van der Waals surface area contributed by atoms with E-state index in [-0.39, 0.29) is 41.7 Å². The fraction of sp³-hybridized carbons (Fsp3) is 0.133. The number of aliphatic carboxylic acids is 1. The van der Waals surface area contributed by atoms with Crippen LogP contribution in [-0.4, -0.2) is 14.6 Å². The van der Waals surface area contributed by atoms with Gasteiger partial charge in [-0.2, -0.15) is 0 Å². The Morgan fingerprint density at radius 2 is 1.75 bits per heavy atom. The molecule has 3 N–H and O–H groups in total. The summed E-state index contributed by atoms with van der Waals surface area (Å²) in [5, 5.41) is 20.6. The van der Waals surface area contributed by atoms with E-state index in [1.807, 2.05) is 22.6 Å². The first kappa shape index (κ1) is 22.7. The number of hydrogen-bond acceptors (Lipinski definition) is 4. The Morgan fingerprint density at radius 3 is 2.29 bits per heavy atom. The van der Waals surface area contributed by atoms with Crippen molar-refractivity contribution in [3.05, 3.63) is 49.1 Å². The second kappa shape index (κ2) is 9.55. The van der Waals surface area contributed by atoms with E-state index >= 15 is 0 Å². The summed E-state index contributed by atoms with van der Waals surface area (Å²) in [5.41, 5.74) is 6.53. The monoisotopic (exact) mass is 673 g/mol.